The van der Waals surface area contributed by atoms with E-state index in [1.54, 1.807) is 7.11 Å². The molecule has 0 amide bonds. The molecule has 0 fully saturated rings. The molecule has 0 radical (unpaired) electrons. The standard InChI is InChI=1S/C17H23NO/c1-5-6-7-16-12(2)18-13(3)17(16)14-8-10-15(19-4)11-9-14/h8-11,18H,5-7H2,1-4H3. The van der Waals surface area contributed by atoms with E-state index in [-0.39, 0.29) is 0 Å². The number of aryl methyl sites for hydroxylation is 2. The molecule has 0 saturated heterocycles. The van der Waals surface area contributed by atoms with Gasteiger partial charge in [-0.2, -0.15) is 0 Å². The van der Waals surface area contributed by atoms with Crippen molar-refractivity contribution in [2.75, 3.05) is 7.11 Å². The second-order valence-electron chi connectivity index (χ2n) is 5.06. The number of benzene rings is 1. The van der Waals surface area contributed by atoms with Gasteiger partial charge in [0.2, 0.25) is 0 Å². The summed E-state index contributed by atoms with van der Waals surface area (Å²) in [6.07, 6.45) is 3.61. The van der Waals surface area contributed by atoms with Crippen molar-refractivity contribution in [2.24, 2.45) is 0 Å². The summed E-state index contributed by atoms with van der Waals surface area (Å²) < 4.78 is 5.23. The van der Waals surface area contributed by atoms with Gasteiger partial charge in [-0.15, -0.1) is 0 Å². The van der Waals surface area contributed by atoms with Crippen LogP contribution in [-0.2, 0) is 6.42 Å². The van der Waals surface area contributed by atoms with E-state index in [4.69, 9.17) is 4.74 Å². The Morgan fingerprint density at radius 3 is 2.32 bits per heavy atom. The van der Waals surface area contributed by atoms with Crippen LogP contribution < -0.4 is 4.74 Å². The van der Waals surface area contributed by atoms with Crippen LogP contribution in [-0.4, -0.2) is 12.1 Å². The van der Waals surface area contributed by atoms with Gasteiger partial charge in [0.1, 0.15) is 5.75 Å². The molecule has 1 aromatic carbocycles. The second-order valence-corrected chi connectivity index (χ2v) is 5.06. The largest absolute Gasteiger partial charge is 0.497 e. The molecule has 0 atom stereocenters. The van der Waals surface area contributed by atoms with E-state index in [0.717, 1.165) is 12.2 Å². The lowest BCUT2D eigenvalue weighted by atomic mass is 9.97. The number of rotatable bonds is 5. The Balaban J connectivity index is 2.41. The van der Waals surface area contributed by atoms with Gasteiger partial charge in [-0.25, -0.2) is 0 Å². The van der Waals surface area contributed by atoms with Crippen LogP contribution in [0.4, 0.5) is 0 Å². The first-order valence-electron chi connectivity index (χ1n) is 6.99. The molecule has 0 bridgehead atoms. The van der Waals surface area contributed by atoms with E-state index in [0.29, 0.717) is 0 Å². The number of H-pyrrole nitrogens is 1. The minimum Gasteiger partial charge on any atom is -0.497 e. The van der Waals surface area contributed by atoms with Gasteiger partial charge in [0.15, 0.2) is 0 Å². The van der Waals surface area contributed by atoms with Crippen LogP contribution in [0.5, 0.6) is 5.75 Å². The van der Waals surface area contributed by atoms with Gasteiger partial charge >= 0.3 is 0 Å². The molecule has 2 heteroatoms. The quantitative estimate of drug-likeness (QED) is 0.828. The zero-order valence-electron chi connectivity index (χ0n) is 12.3. The van der Waals surface area contributed by atoms with Crippen molar-refractivity contribution in [1.82, 2.24) is 4.98 Å². The van der Waals surface area contributed by atoms with E-state index in [2.05, 4.69) is 37.9 Å². The highest BCUT2D eigenvalue weighted by molar-refractivity contribution is 5.72. The monoisotopic (exact) mass is 257 g/mol. The lowest BCUT2D eigenvalue weighted by Gasteiger charge is -2.08. The van der Waals surface area contributed by atoms with Crippen molar-refractivity contribution in [3.63, 3.8) is 0 Å². The third-order valence-corrected chi connectivity index (χ3v) is 3.66. The van der Waals surface area contributed by atoms with Crippen LogP contribution in [0.25, 0.3) is 11.1 Å². The smallest absolute Gasteiger partial charge is 0.118 e. The summed E-state index contributed by atoms with van der Waals surface area (Å²) in [6, 6.07) is 8.34. The molecule has 0 aliphatic heterocycles. The topological polar surface area (TPSA) is 25.0 Å². The summed E-state index contributed by atoms with van der Waals surface area (Å²) in [5, 5.41) is 0. The Morgan fingerprint density at radius 1 is 1.05 bits per heavy atom. The number of hydrogen-bond acceptors (Lipinski definition) is 1. The average molecular weight is 257 g/mol. The van der Waals surface area contributed by atoms with Crippen LogP contribution in [0.15, 0.2) is 24.3 Å². The first-order chi connectivity index (χ1) is 9.17. The molecule has 0 saturated carbocycles. The van der Waals surface area contributed by atoms with E-state index >= 15 is 0 Å². The molecule has 19 heavy (non-hydrogen) atoms. The molecule has 0 unspecified atom stereocenters. The fraction of sp³-hybridized carbons (Fsp3) is 0.412. The molecule has 2 aromatic rings. The Hall–Kier alpha value is -1.70. The zero-order valence-corrected chi connectivity index (χ0v) is 12.3. The van der Waals surface area contributed by atoms with Gasteiger partial charge in [-0.3, -0.25) is 0 Å². The van der Waals surface area contributed by atoms with Crippen LogP contribution in [0.2, 0.25) is 0 Å². The maximum absolute atomic E-state index is 5.23. The number of methoxy groups -OCH3 is 1. The highest BCUT2D eigenvalue weighted by Gasteiger charge is 2.13. The molecule has 2 rings (SSSR count). The summed E-state index contributed by atoms with van der Waals surface area (Å²) in [5.41, 5.74) is 6.66. The minimum absolute atomic E-state index is 0.906. The number of hydrogen-bond donors (Lipinski definition) is 1. The van der Waals surface area contributed by atoms with Gasteiger partial charge in [0, 0.05) is 17.0 Å². The Kier molecular flexibility index (Phi) is 4.31. The van der Waals surface area contributed by atoms with Gasteiger partial charge in [-0.05, 0) is 49.9 Å². The Labute approximate surface area is 115 Å². The van der Waals surface area contributed by atoms with E-state index in [1.165, 1.54) is 40.9 Å². The lowest BCUT2D eigenvalue weighted by Crippen LogP contribution is -1.90. The SMILES string of the molecule is CCCCc1c(C)[nH]c(C)c1-c1ccc(OC)cc1. The van der Waals surface area contributed by atoms with Crippen LogP contribution in [0.1, 0.15) is 36.7 Å². The first-order valence-corrected chi connectivity index (χ1v) is 6.99. The molecular formula is C17H23NO. The summed E-state index contributed by atoms with van der Waals surface area (Å²) in [6.45, 7) is 6.56. The molecule has 0 aliphatic rings. The highest BCUT2D eigenvalue weighted by Crippen LogP contribution is 2.32. The highest BCUT2D eigenvalue weighted by atomic mass is 16.5. The van der Waals surface area contributed by atoms with Crippen molar-refractivity contribution in [1.29, 1.82) is 0 Å². The predicted molar refractivity (Wildman–Crippen MR) is 80.9 cm³/mol. The minimum atomic E-state index is 0.906. The molecule has 1 heterocycles. The van der Waals surface area contributed by atoms with Crippen LogP contribution in [0, 0.1) is 13.8 Å². The van der Waals surface area contributed by atoms with Crippen molar-refractivity contribution in [3.05, 3.63) is 41.2 Å². The number of aromatic amines is 1. The summed E-state index contributed by atoms with van der Waals surface area (Å²) >= 11 is 0. The molecular weight excluding hydrogens is 234 g/mol. The summed E-state index contributed by atoms with van der Waals surface area (Å²) in [7, 11) is 1.70. The fourth-order valence-electron chi connectivity index (χ4n) is 2.65. The number of nitrogens with one attached hydrogen (secondary N) is 1. The normalized spacial score (nSPS) is 10.7. The Morgan fingerprint density at radius 2 is 1.74 bits per heavy atom. The maximum atomic E-state index is 5.23. The third-order valence-electron chi connectivity index (χ3n) is 3.66. The van der Waals surface area contributed by atoms with Crippen molar-refractivity contribution in [3.8, 4) is 16.9 Å². The second kappa shape index (κ2) is 5.96. The van der Waals surface area contributed by atoms with Crippen molar-refractivity contribution in [2.45, 2.75) is 40.0 Å². The van der Waals surface area contributed by atoms with Gasteiger partial charge in [0.25, 0.3) is 0 Å². The average Bonchev–Trinajstić information content (AvgIpc) is 2.71. The van der Waals surface area contributed by atoms with Crippen molar-refractivity contribution >= 4 is 0 Å². The van der Waals surface area contributed by atoms with Crippen LogP contribution in [0.3, 0.4) is 0 Å². The summed E-state index contributed by atoms with van der Waals surface area (Å²) in [5.74, 6) is 0.906. The molecule has 102 valence electrons. The number of ether oxygens (including phenoxy) is 1. The van der Waals surface area contributed by atoms with E-state index in [1.807, 2.05) is 12.1 Å². The third kappa shape index (κ3) is 2.83. The Bertz CT molecular complexity index is 537. The fourth-order valence-corrected chi connectivity index (χ4v) is 2.65. The van der Waals surface area contributed by atoms with Gasteiger partial charge in [0.05, 0.1) is 7.11 Å². The van der Waals surface area contributed by atoms with Gasteiger partial charge in [-0.1, -0.05) is 25.5 Å². The van der Waals surface area contributed by atoms with Gasteiger partial charge < -0.3 is 9.72 Å². The van der Waals surface area contributed by atoms with E-state index < -0.39 is 0 Å². The molecule has 2 nitrogen and oxygen atoms in total. The van der Waals surface area contributed by atoms with Crippen LogP contribution >= 0.6 is 0 Å². The first kappa shape index (κ1) is 13.7. The molecule has 1 aromatic heterocycles. The number of unbranched alkanes of at least 4 members (excludes halogenated alkanes) is 1. The lowest BCUT2D eigenvalue weighted by molar-refractivity contribution is 0.415. The number of aromatic nitrogens is 1. The predicted octanol–water partition coefficient (Wildman–Crippen LogP) is 4.65. The van der Waals surface area contributed by atoms with E-state index in [9.17, 15) is 0 Å². The summed E-state index contributed by atoms with van der Waals surface area (Å²) in [4.78, 5) is 3.48. The molecule has 1 N–H and O–H groups in total. The zero-order chi connectivity index (χ0) is 13.8. The van der Waals surface area contributed by atoms with Crippen molar-refractivity contribution < 1.29 is 4.74 Å². The maximum Gasteiger partial charge on any atom is 0.118 e. The molecule has 0 spiro atoms. The molecule has 0 aliphatic carbocycles.